The molecule has 3 heteroatoms. The first-order valence-electron chi connectivity index (χ1n) is 8.53. The van der Waals surface area contributed by atoms with Crippen molar-refractivity contribution < 1.29 is 0 Å². The van der Waals surface area contributed by atoms with E-state index in [0.29, 0.717) is 0 Å². The third-order valence-corrected chi connectivity index (χ3v) is 5.75. The van der Waals surface area contributed by atoms with Crippen LogP contribution in [-0.4, -0.2) is 55.1 Å². The third-order valence-electron chi connectivity index (χ3n) is 5.75. The predicted molar refractivity (Wildman–Crippen MR) is 80.2 cm³/mol. The number of fused-ring (bicyclic) bond motifs is 1. The lowest BCUT2D eigenvalue weighted by Crippen LogP contribution is -2.41. The van der Waals surface area contributed by atoms with Gasteiger partial charge >= 0.3 is 0 Å². The second kappa shape index (κ2) is 6.55. The van der Waals surface area contributed by atoms with E-state index < -0.39 is 0 Å². The number of hydrogen-bond acceptors (Lipinski definition) is 3. The summed E-state index contributed by atoms with van der Waals surface area (Å²) < 4.78 is 0. The van der Waals surface area contributed by atoms with Crippen LogP contribution in [0.25, 0.3) is 0 Å². The minimum Gasteiger partial charge on any atom is -0.330 e. The van der Waals surface area contributed by atoms with Crippen molar-refractivity contribution >= 4 is 0 Å². The fourth-order valence-corrected chi connectivity index (χ4v) is 4.62. The van der Waals surface area contributed by atoms with Crippen LogP contribution in [0.3, 0.4) is 0 Å². The maximum atomic E-state index is 5.99. The van der Waals surface area contributed by atoms with Crippen LogP contribution >= 0.6 is 0 Å². The first-order valence-corrected chi connectivity index (χ1v) is 8.53. The standard InChI is InChI=1S/C16H31N3/c17-11-14-5-1-2-6-15(14)12-18-8-4-10-19-9-3-7-16(19)13-18/h14-16H,1-13,17H2. The van der Waals surface area contributed by atoms with Gasteiger partial charge in [0.25, 0.3) is 0 Å². The van der Waals surface area contributed by atoms with Gasteiger partial charge in [-0.2, -0.15) is 0 Å². The van der Waals surface area contributed by atoms with E-state index in [2.05, 4.69) is 9.80 Å². The van der Waals surface area contributed by atoms with Crippen molar-refractivity contribution in [2.75, 3.05) is 39.3 Å². The van der Waals surface area contributed by atoms with Crippen LogP contribution in [0.2, 0.25) is 0 Å². The molecule has 3 unspecified atom stereocenters. The van der Waals surface area contributed by atoms with E-state index in [-0.39, 0.29) is 0 Å². The van der Waals surface area contributed by atoms with Crippen molar-refractivity contribution in [2.45, 2.75) is 51.0 Å². The molecule has 3 aliphatic rings. The van der Waals surface area contributed by atoms with Crippen LogP contribution in [0.1, 0.15) is 44.9 Å². The zero-order chi connectivity index (χ0) is 13.1. The van der Waals surface area contributed by atoms with E-state index >= 15 is 0 Å². The molecule has 0 aromatic rings. The molecule has 0 radical (unpaired) electrons. The Hall–Kier alpha value is -0.120. The summed E-state index contributed by atoms with van der Waals surface area (Å²) in [6.45, 7) is 7.58. The molecule has 3 atom stereocenters. The maximum Gasteiger partial charge on any atom is 0.0223 e. The summed E-state index contributed by atoms with van der Waals surface area (Å²) in [6, 6.07) is 0.863. The monoisotopic (exact) mass is 265 g/mol. The Morgan fingerprint density at radius 1 is 0.842 bits per heavy atom. The summed E-state index contributed by atoms with van der Waals surface area (Å²) in [6.07, 6.45) is 9.88. The average Bonchev–Trinajstić information content (AvgIpc) is 2.78. The molecule has 1 saturated carbocycles. The van der Waals surface area contributed by atoms with Crippen LogP contribution in [0, 0.1) is 11.8 Å². The van der Waals surface area contributed by atoms with E-state index in [9.17, 15) is 0 Å². The molecule has 0 spiro atoms. The number of hydrogen-bond donors (Lipinski definition) is 1. The number of rotatable bonds is 3. The minimum absolute atomic E-state index is 0.802. The zero-order valence-electron chi connectivity index (χ0n) is 12.4. The van der Waals surface area contributed by atoms with Gasteiger partial charge in [0, 0.05) is 19.1 Å². The zero-order valence-corrected chi connectivity index (χ0v) is 12.4. The molecule has 0 bridgehead atoms. The van der Waals surface area contributed by atoms with Gasteiger partial charge in [0.2, 0.25) is 0 Å². The van der Waals surface area contributed by atoms with Crippen molar-refractivity contribution in [3.8, 4) is 0 Å². The lowest BCUT2D eigenvalue weighted by molar-refractivity contribution is 0.144. The fourth-order valence-electron chi connectivity index (χ4n) is 4.62. The highest BCUT2D eigenvalue weighted by Gasteiger charge is 2.31. The average molecular weight is 265 g/mol. The first kappa shape index (κ1) is 13.8. The summed E-state index contributed by atoms with van der Waals surface area (Å²) in [5.74, 6) is 1.68. The van der Waals surface area contributed by atoms with Crippen LogP contribution < -0.4 is 5.73 Å². The van der Waals surface area contributed by atoms with Crippen molar-refractivity contribution in [3.63, 3.8) is 0 Å². The van der Waals surface area contributed by atoms with Crippen LogP contribution in [0.5, 0.6) is 0 Å². The van der Waals surface area contributed by atoms with E-state index in [0.717, 1.165) is 24.4 Å². The van der Waals surface area contributed by atoms with E-state index in [1.165, 1.54) is 77.7 Å². The Kier molecular flexibility index (Phi) is 4.78. The first-order chi connectivity index (χ1) is 9.36. The topological polar surface area (TPSA) is 32.5 Å². The molecule has 3 nitrogen and oxygen atoms in total. The quantitative estimate of drug-likeness (QED) is 0.846. The second-order valence-electron chi connectivity index (χ2n) is 6.99. The lowest BCUT2D eigenvalue weighted by Gasteiger charge is -2.35. The third kappa shape index (κ3) is 3.32. The molecular formula is C16H31N3. The van der Waals surface area contributed by atoms with Gasteiger partial charge in [0.1, 0.15) is 0 Å². The smallest absolute Gasteiger partial charge is 0.0223 e. The largest absolute Gasteiger partial charge is 0.330 e. The van der Waals surface area contributed by atoms with Gasteiger partial charge < -0.3 is 10.6 Å². The Morgan fingerprint density at radius 2 is 1.63 bits per heavy atom. The summed E-state index contributed by atoms with van der Waals surface area (Å²) in [4.78, 5) is 5.51. The SMILES string of the molecule is NCC1CCCCC1CN1CCCN2CCCC2C1. The Morgan fingerprint density at radius 3 is 2.47 bits per heavy atom. The van der Waals surface area contributed by atoms with E-state index in [1.807, 2.05) is 0 Å². The minimum atomic E-state index is 0.802. The van der Waals surface area contributed by atoms with Gasteiger partial charge in [-0.3, -0.25) is 4.90 Å². The van der Waals surface area contributed by atoms with Crippen molar-refractivity contribution in [1.82, 2.24) is 9.80 Å². The Balaban J connectivity index is 1.55. The molecule has 0 aromatic carbocycles. The maximum absolute atomic E-state index is 5.99. The predicted octanol–water partition coefficient (Wildman–Crippen LogP) is 1.92. The highest BCUT2D eigenvalue weighted by molar-refractivity contribution is 4.87. The van der Waals surface area contributed by atoms with Crippen LogP contribution in [-0.2, 0) is 0 Å². The molecule has 0 amide bonds. The molecule has 2 heterocycles. The fraction of sp³-hybridized carbons (Fsp3) is 1.00. The van der Waals surface area contributed by atoms with Crippen molar-refractivity contribution in [2.24, 2.45) is 17.6 Å². The van der Waals surface area contributed by atoms with E-state index in [4.69, 9.17) is 5.73 Å². The Bertz CT molecular complexity index is 281. The number of nitrogens with zero attached hydrogens (tertiary/aromatic N) is 2. The van der Waals surface area contributed by atoms with E-state index in [1.54, 1.807) is 0 Å². The number of nitrogens with two attached hydrogens (primary N) is 1. The lowest BCUT2D eigenvalue weighted by atomic mass is 9.79. The van der Waals surface area contributed by atoms with Crippen molar-refractivity contribution in [3.05, 3.63) is 0 Å². The molecular weight excluding hydrogens is 234 g/mol. The molecule has 2 saturated heterocycles. The second-order valence-corrected chi connectivity index (χ2v) is 6.99. The van der Waals surface area contributed by atoms with Gasteiger partial charge in [-0.1, -0.05) is 12.8 Å². The van der Waals surface area contributed by atoms with Gasteiger partial charge in [-0.05, 0) is 70.1 Å². The molecule has 0 aromatic heterocycles. The summed E-state index contributed by atoms with van der Waals surface area (Å²) in [5.41, 5.74) is 5.99. The van der Waals surface area contributed by atoms with Crippen LogP contribution in [0.4, 0.5) is 0 Å². The summed E-state index contributed by atoms with van der Waals surface area (Å²) >= 11 is 0. The molecule has 3 rings (SSSR count). The molecule has 2 aliphatic heterocycles. The highest BCUT2D eigenvalue weighted by atomic mass is 15.3. The molecule has 110 valence electrons. The van der Waals surface area contributed by atoms with Gasteiger partial charge in [0.05, 0.1) is 0 Å². The summed E-state index contributed by atoms with van der Waals surface area (Å²) in [5, 5.41) is 0. The van der Waals surface area contributed by atoms with Gasteiger partial charge in [-0.25, -0.2) is 0 Å². The van der Waals surface area contributed by atoms with Gasteiger partial charge in [-0.15, -0.1) is 0 Å². The summed E-state index contributed by atoms with van der Waals surface area (Å²) in [7, 11) is 0. The normalized spacial score (nSPS) is 38.1. The molecule has 2 N–H and O–H groups in total. The molecule has 3 fully saturated rings. The van der Waals surface area contributed by atoms with Gasteiger partial charge in [0.15, 0.2) is 0 Å². The van der Waals surface area contributed by atoms with Crippen molar-refractivity contribution in [1.29, 1.82) is 0 Å². The Labute approximate surface area is 118 Å². The van der Waals surface area contributed by atoms with Crippen LogP contribution in [0.15, 0.2) is 0 Å². The molecule has 1 aliphatic carbocycles. The highest BCUT2D eigenvalue weighted by Crippen LogP contribution is 2.31. The molecule has 19 heavy (non-hydrogen) atoms.